The summed E-state index contributed by atoms with van der Waals surface area (Å²) in [6.07, 6.45) is 2.24. The van der Waals surface area contributed by atoms with Crippen LogP contribution in [0.2, 0.25) is 0 Å². The van der Waals surface area contributed by atoms with Crippen molar-refractivity contribution in [3.05, 3.63) is 56.7 Å². The van der Waals surface area contributed by atoms with Gasteiger partial charge in [-0.1, -0.05) is 37.3 Å². The standard InChI is InChI=1S/C22H31N5O4/c1-16-7-6-10-25(13-16)15-18(28)26(11-12-31-2)19-20(23)27(22(30)24-21(19)29)14-17-8-4-3-5-9-17/h3-5,8-9,16H,6-7,10-15,23H2,1-2H3,(H,24,29,30)/p+1/t16-/m0/s1. The minimum absolute atomic E-state index is 0.00189. The first-order valence-corrected chi connectivity index (χ1v) is 10.7. The Hall–Kier alpha value is -2.91. The maximum atomic E-state index is 13.2. The predicted molar refractivity (Wildman–Crippen MR) is 119 cm³/mol. The van der Waals surface area contributed by atoms with E-state index in [2.05, 4.69) is 11.9 Å². The summed E-state index contributed by atoms with van der Waals surface area (Å²) >= 11 is 0. The molecule has 9 nitrogen and oxygen atoms in total. The van der Waals surface area contributed by atoms with Crippen LogP contribution in [0.25, 0.3) is 0 Å². The van der Waals surface area contributed by atoms with Gasteiger partial charge in [-0.25, -0.2) is 4.79 Å². The van der Waals surface area contributed by atoms with E-state index in [4.69, 9.17) is 10.5 Å². The first-order chi connectivity index (χ1) is 14.9. The Morgan fingerprint density at radius 3 is 2.74 bits per heavy atom. The molecule has 0 aliphatic carbocycles. The fraction of sp³-hybridized carbons (Fsp3) is 0.500. The first-order valence-electron chi connectivity index (χ1n) is 10.7. The summed E-state index contributed by atoms with van der Waals surface area (Å²) in [7, 11) is 1.53. The SMILES string of the molecule is COCCN(C(=O)C[NH+]1CCC[C@H](C)C1)c1c(N)n(Cc2ccccc2)c(=O)[nH]c1=O. The molecule has 4 N–H and O–H groups in total. The Labute approximate surface area is 181 Å². The molecular formula is C22H32N5O4+. The molecule has 2 heterocycles. The lowest BCUT2D eigenvalue weighted by Gasteiger charge is -2.30. The van der Waals surface area contributed by atoms with Crippen LogP contribution < -0.4 is 26.8 Å². The summed E-state index contributed by atoms with van der Waals surface area (Å²) in [5.74, 6) is 0.331. The van der Waals surface area contributed by atoms with Crippen molar-refractivity contribution in [2.24, 2.45) is 5.92 Å². The first kappa shape index (κ1) is 22.8. The number of nitrogens with one attached hydrogen (secondary N) is 2. The molecular weight excluding hydrogens is 398 g/mol. The summed E-state index contributed by atoms with van der Waals surface area (Å²) in [5.41, 5.74) is 5.88. The predicted octanol–water partition coefficient (Wildman–Crippen LogP) is -0.539. The van der Waals surface area contributed by atoms with E-state index in [1.54, 1.807) is 0 Å². The average molecular weight is 431 g/mol. The monoisotopic (exact) mass is 430 g/mol. The highest BCUT2D eigenvalue weighted by Crippen LogP contribution is 2.18. The van der Waals surface area contributed by atoms with Crippen molar-refractivity contribution in [2.75, 3.05) is 50.5 Å². The lowest BCUT2D eigenvalue weighted by atomic mass is 10.0. The van der Waals surface area contributed by atoms with Crippen molar-refractivity contribution in [3.8, 4) is 0 Å². The second-order valence-electron chi connectivity index (χ2n) is 8.23. The number of amides is 1. The molecule has 1 amide bonds. The second kappa shape index (κ2) is 10.4. The van der Waals surface area contributed by atoms with Crippen LogP contribution in [0.4, 0.5) is 11.5 Å². The lowest BCUT2D eigenvalue weighted by molar-refractivity contribution is -0.900. The molecule has 1 aliphatic heterocycles. The van der Waals surface area contributed by atoms with Crippen molar-refractivity contribution in [3.63, 3.8) is 0 Å². The van der Waals surface area contributed by atoms with E-state index in [1.165, 1.54) is 27.9 Å². The molecule has 2 aromatic rings. The van der Waals surface area contributed by atoms with Gasteiger partial charge >= 0.3 is 5.69 Å². The smallest absolute Gasteiger partial charge is 0.330 e. The average Bonchev–Trinajstić information content (AvgIpc) is 2.74. The van der Waals surface area contributed by atoms with E-state index in [1.807, 2.05) is 30.3 Å². The van der Waals surface area contributed by atoms with Crippen LogP contribution >= 0.6 is 0 Å². The van der Waals surface area contributed by atoms with Gasteiger partial charge in [0.1, 0.15) is 5.82 Å². The van der Waals surface area contributed by atoms with Gasteiger partial charge in [0, 0.05) is 19.6 Å². The van der Waals surface area contributed by atoms with Crippen LogP contribution in [0.15, 0.2) is 39.9 Å². The number of carbonyl (C=O) groups is 1. The normalized spacial score (nSPS) is 18.6. The summed E-state index contributed by atoms with van der Waals surface area (Å²) in [5, 5.41) is 0. The van der Waals surface area contributed by atoms with Crippen molar-refractivity contribution in [1.82, 2.24) is 9.55 Å². The second-order valence-corrected chi connectivity index (χ2v) is 8.23. The van der Waals surface area contributed by atoms with Gasteiger partial charge in [0.05, 0.1) is 26.2 Å². The molecule has 168 valence electrons. The van der Waals surface area contributed by atoms with Crippen molar-refractivity contribution < 1.29 is 14.4 Å². The number of quaternary nitrogens is 1. The summed E-state index contributed by atoms with van der Waals surface area (Å²) in [6.45, 7) is 4.91. The summed E-state index contributed by atoms with van der Waals surface area (Å²) < 4.78 is 6.44. The Kier molecular flexibility index (Phi) is 7.64. The van der Waals surface area contributed by atoms with Gasteiger partial charge in [0.15, 0.2) is 12.2 Å². The van der Waals surface area contributed by atoms with Gasteiger partial charge in [-0.05, 0) is 18.4 Å². The van der Waals surface area contributed by atoms with Gasteiger partial charge < -0.3 is 15.4 Å². The van der Waals surface area contributed by atoms with Crippen molar-refractivity contribution >= 4 is 17.4 Å². The van der Waals surface area contributed by atoms with Crippen molar-refractivity contribution in [2.45, 2.75) is 26.3 Å². The maximum Gasteiger partial charge on any atom is 0.330 e. The Bertz CT molecular complexity index is 1000. The Morgan fingerprint density at radius 2 is 2.06 bits per heavy atom. The maximum absolute atomic E-state index is 13.2. The van der Waals surface area contributed by atoms with Crippen LogP contribution in [-0.4, -0.2) is 55.4 Å². The van der Waals surface area contributed by atoms with Gasteiger partial charge in [-0.3, -0.25) is 24.0 Å². The highest BCUT2D eigenvalue weighted by molar-refractivity contribution is 5.96. The number of anilines is 2. The van der Waals surface area contributed by atoms with E-state index >= 15 is 0 Å². The summed E-state index contributed by atoms with van der Waals surface area (Å²) in [6, 6.07) is 9.33. The number of nitrogen functional groups attached to an aromatic ring is 1. The molecule has 1 aromatic carbocycles. The topological polar surface area (TPSA) is 115 Å². The molecule has 2 atom stereocenters. The minimum Gasteiger partial charge on any atom is -0.383 e. The number of nitrogens with two attached hydrogens (primary N) is 1. The number of aromatic nitrogens is 2. The number of hydrogen-bond acceptors (Lipinski definition) is 5. The molecule has 0 saturated carbocycles. The van der Waals surface area contributed by atoms with Crippen LogP contribution in [-0.2, 0) is 16.1 Å². The zero-order valence-corrected chi connectivity index (χ0v) is 18.2. The number of carbonyl (C=O) groups excluding carboxylic acids is 1. The highest BCUT2D eigenvalue weighted by atomic mass is 16.5. The van der Waals surface area contributed by atoms with Gasteiger partial charge in [0.25, 0.3) is 11.5 Å². The molecule has 0 spiro atoms. The van der Waals surface area contributed by atoms with E-state index < -0.39 is 11.2 Å². The lowest BCUT2D eigenvalue weighted by Crippen LogP contribution is -3.14. The van der Waals surface area contributed by atoms with E-state index in [9.17, 15) is 14.4 Å². The third-order valence-electron chi connectivity index (χ3n) is 5.75. The van der Waals surface area contributed by atoms with E-state index in [0.717, 1.165) is 25.1 Å². The number of ether oxygens (including phenoxy) is 1. The third kappa shape index (κ3) is 5.62. The number of methoxy groups -OCH3 is 1. The molecule has 1 saturated heterocycles. The van der Waals surface area contributed by atoms with Crippen LogP contribution in [0.3, 0.4) is 0 Å². The fourth-order valence-electron chi connectivity index (χ4n) is 4.17. The molecule has 1 aromatic heterocycles. The molecule has 9 heteroatoms. The molecule has 1 aliphatic rings. The number of benzene rings is 1. The summed E-state index contributed by atoms with van der Waals surface area (Å²) in [4.78, 5) is 43.3. The number of piperidine rings is 1. The van der Waals surface area contributed by atoms with E-state index in [0.29, 0.717) is 5.92 Å². The van der Waals surface area contributed by atoms with Gasteiger partial charge in [-0.15, -0.1) is 0 Å². The van der Waals surface area contributed by atoms with Crippen molar-refractivity contribution in [1.29, 1.82) is 0 Å². The number of rotatable bonds is 8. The van der Waals surface area contributed by atoms with E-state index in [-0.39, 0.29) is 43.7 Å². The van der Waals surface area contributed by atoms with Gasteiger partial charge in [0.2, 0.25) is 0 Å². The fourth-order valence-corrected chi connectivity index (χ4v) is 4.17. The van der Waals surface area contributed by atoms with Crippen LogP contribution in [0.5, 0.6) is 0 Å². The van der Waals surface area contributed by atoms with Gasteiger partial charge in [-0.2, -0.15) is 0 Å². The zero-order chi connectivity index (χ0) is 22.4. The molecule has 0 radical (unpaired) electrons. The molecule has 1 fully saturated rings. The molecule has 1 unspecified atom stereocenters. The Morgan fingerprint density at radius 1 is 1.32 bits per heavy atom. The molecule has 31 heavy (non-hydrogen) atoms. The van der Waals surface area contributed by atoms with Crippen LogP contribution in [0, 0.1) is 5.92 Å². The number of H-pyrrole nitrogens is 1. The molecule has 3 rings (SSSR count). The highest BCUT2D eigenvalue weighted by Gasteiger charge is 2.29. The number of aromatic amines is 1. The zero-order valence-electron chi connectivity index (χ0n) is 18.2. The quantitative estimate of drug-likeness (QED) is 0.520. The minimum atomic E-state index is -0.668. The number of likely N-dealkylation sites (tertiary alicyclic amines) is 1. The largest absolute Gasteiger partial charge is 0.383 e. The number of hydrogen-bond donors (Lipinski definition) is 3. The Balaban J connectivity index is 1.94. The molecule has 0 bridgehead atoms. The number of nitrogens with zero attached hydrogens (tertiary/aromatic N) is 2. The third-order valence-corrected chi connectivity index (χ3v) is 5.75. The van der Waals surface area contributed by atoms with Crippen LogP contribution in [0.1, 0.15) is 25.3 Å².